The van der Waals surface area contributed by atoms with Gasteiger partial charge in [-0.3, -0.25) is 4.84 Å². The number of aryl methyl sites for hydroxylation is 1. The quantitative estimate of drug-likeness (QED) is 0.125. The molecular formula is C49H64ClN3O4. The van der Waals surface area contributed by atoms with E-state index in [1.54, 1.807) is 52.4 Å². The number of anilines is 1. The van der Waals surface area contributed by atoms with Gasteiger partial charge in [0, 0.05) is 22.8 Å². The minimum absolute atomic E-state index is 0.199. The van der Waals surface area contributed by atoms with Crippen LogP contribution in [0, 0.1) is 18.8 Å². The zero-order valence-corrected chi connectivity index (χ0v) is 36.6. The molecule has 1 aromatic heterocycles. The van der Waals surface area contributed by atoms with Crippen LogP contribution in [0.1, 0.15) is 103 Å². The molecule has 306 valence electrons. The third-order valence-electron chi connectivity index (χ3n) is 9.98. The van der Waals surface area contributed by atoms with Gasteiger partial charge in [0.05, 0.1) is 25.6 Å². The number of halogens is 1. The lowest BCUT2D eigenvalue weighted by atomic mass is 9.86. The van der Waals surface area contributed by atoms with Crippen LogP contribution in [-0.2, 0) is 16.2 Å². The summed E-state index contributed by atoms with van der Waals surface area (Å²) in [5.74, 6) is 2.61. The smallest absolute Gasteiger partial charge is 0.438 e. The Morgan fingerprint density at radius 1 is 0.877 bits per heavy atom. The van der Waals surface area contributed by atoms with Crippen LogP contribution in [0.5, 0.6) is 5.88 Å². The Balaban J connectivity index is 0.000000237. The van der Waals surface area contributed by atoms with Gasteiger partial charge in [0.1, 0.15) is 6.61 Å². The summed E-state index contributed by atoms with van der Waals surface area (Å²) in [6.45, 7) is 21.8. The lowest BCUT2D eigenvalue weighted by molar-refractivity contribution is 0.115. The first kappa shape index (κ1) is 46.5. The minimum Gasteiger partial charge on any atom is -0.472 e. The van der Waals surface area contributed by atoms with Gasteiger partial charge in [-0.15, -0.1) is 5.10 Å². The number of carbonyl (C=O) groups is 1. The van der Waals surface area contributed by atoms with Gasteiger partial charge in [-0.05, 0) is 113 Å². The molecule has 2 aliphatic carbocycles. The van der Waals surface area contributed by atoms with Crippen molar-refractivity contribution in [1.29, 1.82) is 0 Å². The molecule has 57 heavy (non-hydrogen) atoms. The number of hydrogen-bond acceptors (Lipinski definition) is 5. The number of ether oxygens (including phenoxy) is 2. The monoisotopic (exact) mass is 793 g/mol. The third kappa shape index (κ3) is 15.9. The molecule has 3 aromatic carbocycles. The van der Waals surface area contributed by atoms with Crippen LogP contribution in [0.15, 0.2) is 132 Å². The van der Waals surface area contributed by atoms with Crippen LogP contribution in [-0.4, -0.2) is 30.1 Å². The van der Waals surface area contributed by atoms with Crippen LogP contribution >= 0.6 is 11.6 Å². The SMILES string of the molecule is C=C(C)C1CC=C(C)CC1.CC1=CC=C(C(C)C)CC1.COC(=O)N(OC)c1ccccc1COc1ccn(-c2ccc(Cl)cc2)n1.Cc1ccc(C(C)C)cc1. The van der Waals surface area contributed by atoms with Crippen molar-refractivity contribution in [2.75, 3.05) is 19.3 Å². The zero-order valence-electron chi connectivity index (χ0n) is 35.8. The highest BCUT2D eigenvalue weighted by atomic mass is 35.5. The van der Waals surface area contributed by atoms with E-state index >= 15 is 0 Å². The number of benzene rings is 3. The molecule has 1 amide bonds. The summed E-state index contributed by atoms with van der Waals surface area (Å²) < 4.78 is 12.2. The van der Waals surface area contributed by atoms with Gasteiger partial charge in [-0.2, -0.15) is 5.06 Å². The number of allylic oxidation sites excluding steroid dienone is 7. The Labute approximate surface area is 347 Å². The van der Waals surface area contributed by atoms with E-state index in [9.17, 15) is 4.79 Å². The molecule has 2 aliphatic rings. The van der Waals surface area contributed by atoms with E-state index < -0.39 is 6.09 Å². The fourth-order valence-electron chi connectivity index (χ4n) is 6.06. The third-order valence-corrected chi connectivity index (χ3v) is 10.2. The number of carbonyl (C=O) groups excluding carboxylic acids is 1. The van der Waals surface area contributed by atoms with Gasteiger partial charge in [0.2, 0.25) is 5.88 Å². The lowest BCUT2D eigenvalue weighted by Crippen LogP contribution is -2.30. The van der Waals surface area contributed by atoms with Gasteiger partial charge in [-0.25, -0.2) is 9.48 Å². The number of hydrogen-bond donors (Lipinski definition) is 0. The van der Waals surface area contributed by atoms with Crippen molar-refractivity contribution < 1.29 is 19.1 Å². The van der Waals surface area contributed by atoms with E-state index in [-0.39, 0.29) is 6.61 Å². The van der Waals surface area contributed by atoms with Gasteiger partial charge in [0.15, 0.2) is 0 Å². The van der Waals surface area contributed by atoms with Crippen molar-refractivity contribution in [2.45, 2.75) is 100 Å². The molecule has 0 saturated carbocycles. The largest absolute Gasteiger partial charge is 0.472 e. The van der Waals surface area contributed by atoms with Gasteiger partial charge in [0.25, 0.3) is 0 Å². The molecule has 8 heteroatoms. The summed E-state index contributed by atoms with van der Waals surface area (Å²) in [6.07, 6.45) is 14.4. The van der Waals surface area contributed by atoms with Crippen molar-refractivity contribution in [3.8, 4) is 11.6 Å². The van der Waals surface area contributed by atoms with E-state index in [1.165, 1.54) is 68.6 Å². The van der Waals surface area contributed by atoms with Gasteiger partial charge in [-0.1, -0.05) is 134 Å². The summed E-state index contributed by atoms with van der Waals surface area (Å²) in [7, 11) is 2.68. The number of aromatic nitrogens is 2. The highest BCUT2D eigenvalue weighted by Gasteiger charge is 2.19. The molecule has 1 atom stereocenters. The molecule has 6 rings (SSSR count). The topological polar surface area (TPSA) is 65.8 Å². The number of amides is 1. The second-order valence-corrected chi connectivity index (χ2v) is 15.7. The number of nitrogens with zero attached hydrogens (tertiary/aromatic N) is 3. The van der Waals surface area contributed by atoms with Crippen molar-refractivity contribution in [2.24, 2.45) is 11.8 Å². The van der Waals surface area contributed by atoms with Crippen molar-refractivity contribution >= 4 is 23.4 Å². The predicted molar refractivity (Wildman–Crippen MR) is 238 cm³/mol. The van der Waals surface area contributed by atoms with Gasteiger partial charge < -0.3 is 9.47 Å². The fourth-order valence-corrected chi connectivity index (χ4v) is 6.19. The van der Waals surface area contributed by atoms with Crippen LogP contribution in [0.2, 0.25) is 5.02 Å². The average Bonchev–Trinajstić information content (AvgIpc) is 3.68. The Hall–Kier alpha value is -4.85. The Morgan fingerprint density at radius 2 is 1.56 bits per heavy atom. The first-order chi connectivity index (χ1) is 27.2. The number of hydroxylamine groups is 1. The van der Waals surface area contributed by atoms with E-state index in [0.29, 0.717) is 22.5 Å². The molecule has 1 unspecified atom stereocenters. The highest BCUT2D eigenvalue weighted by Crippen LogP contribution is 2.28. The second kappa shape index (κ2) is 24.0. The van der Waals surface area contributed by atoms with E-state index in [4.69, 9.17) is 25.9 Å². The summed E-state index contributed by atoms with van der Waals surface area (Å²) in [5.41, 5.74) is 10.9. The first-order valence-corrected chi connectivity index (χ1v) is 20.3. The molecule has 4 aromatic rings. The maximum atomic E-state index is 11.9. The molecule has 1 heterocycles. The van der Waals surface area contributed by atoms with Crippen molar-refractivity contribution in [3.05, 3.63) is 154 Å². The van der Waals surface area contributed by atoms with Crippen LogP contribution < -0.4 is 9.80 Å². The van der Waals surface area contributed by atoms with Crippen LogP contribution in [0.25, 0.3) is 5.69 Å². The summed E-state index contributed by atoms with van der Waals surface area (Å²) in [6, 6.07) is 25.0. The molecule has 0 fully saturated rings. The molecule has 0 saturated heterocycles. The Morgan fingerprint density at radius 3 is 2.11 bits per heavy atom. The number of methoxy groups -OCH3 is 1. The molecular weight excluding hydrogens is 730 g/mol. The Kier molecular flexibility index (Phi) is 19.6. The van der Waals surface area contributed by atoms with Crippen LogP contribution in [0.4, 0.5) is 10.5 Å². The summed E-state index contributed by atoms with van der Waals surface area (Å²) in [4.78, 5) is 17.0. The summed E-state index contributed by atoms with van der Waals surface area (Å²) in [5, 5.41) is 6.11. The van der Waals surface area contributed by atoms with E-state index in [0.717, 1.165) is 28.1 Å². The molecule has 7 nitrogen and oxygen atoms in total. The maximum Gasteiger partial charge on any atom is 0.438 e. The molecule has 0 bridgehead atoms. The number of para-hydroxylation sites is 1. The van der Waals surface area contributed by atoms with Crippen LogP contribution in [0.3, 0.4) is 0 Å². The first-order valence-electron chi connectivity index (χ1n) is 19.9. The maximum absolute atomic E-state index is 11.9. The zero-order chi connectivity index (χ0) is 41.9. The number of rotatable bonds is 9. The molecule has 0 N–H and O–H groups in total. The molecule has 0 spiro atoms. The van der Waals surface area contributed by atoms with Crippen molar-refractivity contribution in [1.82, 2.24) is 9.78 Å². The average molecular weight is 795 g/mol. The standard InChI is InChI=1S/C19H18ClN3O4.2C10H16.C10H14/c1-25-19(24)23(26-2)17-6-4-3-5-14(17)13-27-18-11-12-22(21-18)16-9-7-15(20)8-10-16;3*1-8(2)10-6-4-9(3)5-7-10/h3-12H,13H2,1-2H3;4,6,8H,5,7H2,1-3H3;4,10H,1,5-7H2,2-3H3;4-8H,1-3H3. The summed E-state index contributed by atoms with van der Waals surface area (Å²) >= 11 is 5.91. The van der Waals surface area contributed by atoms with Crippen molar-refractivity contribution in [3.63, 3.8) is 0 Å². The predicted octanol–water partition coefficient (Wildman–Crippen LogP) is 14.0. The van der Waals surface area contributed by atoms with Gasteiger partial charge >= 0.3 is 6.09 Å². The highest BCUT2D eigenvalue weighted by molar-refractivity contribution is 6.30. The van der Waals surface area contributed by atoms with E-state index in [2.05, 4.69) is 110 Å². The second-order valence-electron chi connectivity index (χ2n) is 15.3. The Bertz CT molecular complexity index is 1940. The van der Waals surface area contributed by atoms with E-state index in [1.807, 2.05) is 24.3 Å². The minimum atomic E-state index is -0.628. The molecule has 0 radical (unpaired) electrons. The molecule has 0 aliphatic heterocycles. The fraction of sp³-hybridized carbons (Fsp3) is 0.388. The lowest BCUT2D eigenvalue weighted by Gasteiger charge is -2.20. The normalized spacial score (nSPS) is 14.6.